The molecule has 1 amide bonds. The van der Waals surface area contributed by atoms with E-state index in [1.54, 1.807) is 0 Å². The van der Waals surface area contributed by atoms with Crippen molar-refractivity contribution >= 4 is 23.2 Å². The van der Waals surface area contributed by atoms with Gasteiger partial charge >= 0.3 is 0 Å². The van der Waals surface area contributed by atoms with Crippen LogP contribution in [0.5, 0.6) is 0 Å². The molecule has 2 heterocycles. The Bertz CT molecular complexity index is 675. The maximum atomic E-state index is 12.8. The first kappa shape index (κ1) is 20.0. The fourth-order valence-electron chi connectivity index (χ4n) is 4.97. The van der Waals surface area contributed by atoms with Crippen molar-refractivity contribution < 1.29 is 4.79 Å². The van der Waals surface area contributed by atoms with Crippen molar-refractivity contribution in [2.45, 2.75) is 38.6 Å². The normalized spacial score (nSPS) is 22.8. The number of nitrogens with zero attached hydrogens (tertiary/aromatic N) is 4. The fourth-order valence-corrected chi connectivity index (χ4v) is 5.13. The molecule has 0 spiro atoms. The quantitative estimate of drug-likeness (QED) is 0.771. The number of amides is 1. The minimum Gasteiger partial charge on any atom is -0.369 e. The summed E-state index contributed by atoms with van der Waals surface area (Å²) in [7, 11) is 0. The van der Waals surface area contributed by atoms with E-state index < -0.39 is 0 Å². The van der Waals surface area contributed by atoms with Gasteiger partial charge < -0.3 is 9.80 Å². The monoisotopic (exact) mass is 404 g/mol. The maximum Gasteiger partial charge on any atom is 0.236 e. The zero-order valence-corrected chi connectivity index (χ0v) is 17.8. The summed E-state index contributed by atoms with van der Waals surface area (Å²) < 4.78 is 0. The molecule has 1 aliphatic carbocycles. The van der Waals surface area contributed by atoms with Gasteiger partial charge in [-0.2, -0.15) is 0 Å². The van der Waals surface area contributed by atoms with E-state index in [-0.39, 0.29) is 0 Å². The number of halogens is 1. The Morgan fingerprint density at radius 3 is 2.36 bits per heavy atom. The second-order valence-corrected chi connectivity index (χ2v) is 8.99. The number of rotatable bonds is 4. The highest BCUT2D eigenvalue weighted by Gasteiger charge is 2.29. The van der Waals surface area contributed by atoms with Crippen LogP contribution in [0.2, 0.25) is 5.02 Å². The Balaban J connectivity index is 1.22. The summed E-state index contributed by atoms with van der Waals surface area (Å²) in [6.07, 6.45) is 5.46. The van der Waals surface area contributed by atoms with E-state index in [0.29, 0.717) is 12.5 Å². The number of hydrogen-bond donors (Lipinski definition) is 0. The van der Waals surface area contributed by atoms with Crippen LogP contribution in [-0.4, -0.2) is 85.6 Å². The van der Waals surface area contributed by atoms with Crippen molar-refractivity contribution in [3.63, 3.8) is 0 Å². The maximum absolute atomic E-state index is 12.8. The van der Waals surface area contributed by atoms with E-state index in [2.05, 4.69) is 38.7 Å². The van der Waals surface area contributed by atoms with Crippen LogP contribution in [0.4, 0.5) is 5.69 Å². The molecular formula is C22H33ClN4O. The second-order valence-electron chi connectivity index (χ2n) is 8.55. The van der Waals surface area contributed by atoms with E-state index in [0.717, 1.165) is 63.4 Å². The molecule has 0 atom stereocenters. The molecule has 2 saturated heterocycles. The van der Waals surface area contributed by atoms with Crippen LogP contribution < -0.4 is 4.90 Å². The van der Waals surface area contributed by atoms with Crippen molar-refractivity contribution in [3.8, 4) is 0 Å². The van der Waals surface area contributed by atoms with Crippen molar-refractivity contribution in [2.75, 3.05) is 63.8 Å². The first-order chi connectivity index (χ1) is 13.6. The standard InChI is InChI=1S/C22H33ClN4O/c1-18-6-7-19(23)16-21(18)26-10-8-24(9-11-26)17-22(28)27-14-12-25(13-15-27)20-4-2-3-5-20/h6-7,16,20H,2-5,8-15,17H2,1H3. The molecule has 1 aromatic carbocycles. The third kappa shape index (κ3) is 4.64. The van der Waals surface area contributed by atoms with Crippen LogP contribution in [0.3, 0.4) is 0 Å². The zero-order valence-electron chi connectivity index (χ0n) is 17.1. The highest BCUT2D eigenvalue weighted by Crippen LogP contribution is 2.26. The third-order valence-electron chi connectivity index (χ3n) is 6.75. The van der Waals surface area contributed by atoms with E-state index >= 15 is 0 Å². The van der Waals surface area contributed by atoms with Gasteiger partial charge in [-0.3, -0.25) is 14.6 Å². The molecule has 3 aliphatic rings. The van der Waals surface area contributed by atoms with Crippen LogP contribution in [0.15, 0.2) is 18.2 Å². The topological polar surface area (TPSA) is 30.0 Å². The molecule has 6 heteroatoms. The van der Waals surface area contributed by atoms with Gasteiger partial charge in [0.25, 0.3) is 0 Å². The van der Waals surface area contributed by atoms with Crippen LogP contribution in [0.1, 0.15) is 31.2 Å². The molecule has 0 N–H and O–H groups in total. The zero-order chi connectivity index (χ0) is 19.5. The second kappa shape index (κ2) is 9.02. The summed E-state index contributed by atoms with van der Waals surface area (Å²) in [5.41, 5.74) is 2.48. The molecule has 1 aromatic rings. The highest BCUT2D eigenvalue weighted by atomic mass is 35.5. The average molecular weight is 405 g/mol. The number of carbonyl (C=O) groups is 1. The average Bonchev–Trinajstić information content (AvgIpc) is 3.25. The molecule has 0 radical (unpaired) electrons. The van der Waals surface area contributed by atoms with Crippen molar-refractivity contribution in [2.24, 2.45) is 0 Å². The Kier molecular flexibility index (Phi) is 6.44. The largest absolute Gasteiger partial charge is 0.369 e. The summed E-state index contributed by atoms with van der Waals surface area (Å²) >= 11 is 6.18. The number of piperazine rings is 2. The lowest BCUT2D eigenvalue weighted by molar-refractivity contribution is -0.134. The van der Waals surface area contributed by atoms with Gasteiger partial charge in [-0.25, -0.2) is 0 Å². The lowest BCUT2D eigenvalue weighted by atomic mass is 10.1. The SMILES string of the molecule is Cc1ccc(Cl)cc1N1CCN(CC(=O)N2CCN(C3CCCC3)CC2)CC1. The van der Waals surface area contributed by atoms with E-state index in [1.165, 1.54) is 36.9 Å². The summed E-state index contributed by atoms with van der Waals surface area (Å²) in [5, 5.41) is 0.787. The van der Waals surface area contributed by atoms with Crippen LogP contribution in [0, 0.1) is 6.92 Å². The molecule has 154 valence electrons. The van der Waals surface area contributed by atoms with Gasteiger partial charge in [0.15, 0.2) is 0 Å². The Hall–Kier alpha value is -1.30. The number of aryl methyl sites for hydroxylation is 1. The minimum absolute atomic E-state index is 0.304. The summed E-state index contributed by atoms with van der Waals surface area (Å²) in [4.78, 5) is 22.2. The van der Waals surface area contributed by atoms with Gasteiger partial charge in [0.2, 0.25) is 5.91 Å². The van der Waals surface area contributed by atoms with E-state index in [9.17, 15) is 4.79 Å². The number of carbonyl (C=O) groups excluding carboxylic acids is 1. The Morgan fingerprint density at radius 2 is 1.68 bits per heavy atom. The number of anilines is 1. The van der Waals surface area contributed by atoms with Gasteiger partial charge in [0.1, 0.15) is 0 Å². The molecule has 5 nitrogen and oxygen atoms in total. The molecule has 2 aliphatic heterocycles. The molecule has 28 heavy (non-hydrogen) atoms. The first-order valence-corrected chi connectivity index (χ1v) is 11.2. The summed E-state index contributed by atoms with van der Waals surface area (Å²) in [5.74, 6) is 0.304. The number of hydrogen-bond acceptors (Lipinski definition) is 4. The predicted octanol–water partition coefficient (Wildman–Crippen LogP) is 2.86. The van der Waals surface area contributed by atoms with E-state index in [1.807, 2.05) is 6.07 Å². The number of benzene rings is 1. The lowest BCUT2D eigenvalue weighted by Crippen LogP contribution is -2.55. The lowest BCUT2D eigenvalue weighted by Gasteiger charge is -2.40. The van der Waals surface area contributed by atoms with Gasteiger partial charge in [0.05, 0.1) is 6.54 Å². The van der Waals surface area contributed by atoms with Gasteiger partial charge in [0, 0.05) is 69.1 Å². The molecule has 3 fully saturated rings. The molecule has 0 bridgehead atoms. The van der Waals surface area contributed by atoms with Crippen LogP contribution in [0.25, 0.3) is 0 Å². The molecule has 0 aromatic heterocycles. The molecule has 4 rings (SSSR count). The molecule has 0 unspecified atom stereocenters. The Labute approximate surface area is 174 Å². The molecular weight excluding hydrogens is 372 g/mol. The van der Waals surface area contributed by atoms with Gasteiger partial charge in [-0.15, -0.1) is 0 Å². The van der Waals surface area contributed by atoms with Gasteiger partial charge in [-0.1, -0.05) is 30.5 Å². The highest BCUT2D eigenvalue weighted by molar-refractivity contribution is 6.30. The summed E-state index contributed by atoms with van der Waals surface area (Å²) in [6.45, 7) is 10.4. The smallest absolute Gasteiger partial charge is 0.236 e. The van der Waals surface area contributed by atoms with Crippen LogP contribution >= 0.6 is 11.6 Å². The van der Waals surface area contributed by atoms with Gasteiger partial charge in [-0.05, 0) is 37.5 Å². The molecule has 1 saturated carbocycles. The van der Waals surface area contributed by atoms with E-state index in [4.69, 9.17) is 11.6 Å². The van der Waals surface area contributed by atoms with Crippen LogP contribution in [-0.2, 0) is 4.79 Å². The third-order valence-corrected chi connectivity index (χ3v) is 6.99. The fraction of sp³-hybridized carbons (Fsp3) is 0.682. The predicted molar refractivity (Wildman–Crippen MR) is 115 cm³/mol. The first-order valence-electron chi connectivity index (χ1n) is 10.9. The van der Waals surface area contributed by atoms with Crippen molar-refractivity contribution in [1.82, 2.24) is 14.7 Å². The van der Waals surface area contributed by atoms with Crippen molar-refractivity contribution in [3.05, 3.63) is 28.8 Å². The van der Waals surface area contributed by atoms with Crippen molar-refractivity contribution in [1.29, 1.82) is 0 Å². The minimum atomic E-state index is 0.304. The summed E-state index contributed by atoms with van der Waals surface area (Å²) in [6, 6.07) is 6.86. The Morgan fingerprint density at radius 1 is 1.00 bits per heavy atom.